The lowest BCUT2D eigenvalue weighted by Gasteiger charge is -2.01. The summed E-state index contributed by atoms with van der Waals surface area (Å²) in [6, 6.07) is 6.12. The molecule has 1 aromatic heterocycles. The highest BCUT2D eigenvalue weighted by atomic mass is 16.6. The number of carbonyl (C=O) groups is 2. The van der Waals surface area contributed by atoms with Gasteiger partial charge in [0.1, 0.15) is 6.29 Å². The maximum absolute atomic E-state index is 11.6. The van der Waals surface area contributed by atoms with Crippen LogP contribution in [0.4, 0.5) is 0 Å². The van der Waals surface area contributed by atoms with Crippen LogP contribution in [0.3, 0.4) is 0 Å². The van der Waals surface area contributed by atoms with Gasteiger partial charge in [0.15, 0.2) is 12.4 Å². The summed E-state index contributed by atoms with van der Waals surface area (Å²) in [5.41, 5.74) is 0.857. The smallest absolute Gasteiger partial charge is 0.338 e. The van der Waals surface area contributed by atoms with E-state index in [1.54, 1.807) is 19.1 Å². The van der Waals surface area contributed by atoms with Gasteiger partial charge in [0.05, 0.1) is 5.56 Å². The number of esters is 1. The predicted molar refractivity (Wildman–Crippen MR) is 60.0 cm³/mol. The number of benzene rings is 1. The molecule has 0 aliphatic rings. The third-order valence-corrected chi connectivity index (χ3v) is 2.18. The second kappa shape index (κ2) is 5.22. The van der Waals surface area contributed by atoms with Gasteiger partial charge in [-0.15, -0.1) is 0 Å². The van der Waals surface area contributed by atoms with Crippen molar-refractivity contribution < 1.29 is 18.8 Å². The second-order valence-corrected chi connectivity index (χ2v) is 3.55. The van der Waals surface area contributed by atoms with Crippen LogP contribution in [0, 0.1) is 6.92 Å². The molecule has 18 heavy (non-hydrogen) atoms. The standard InChI is InChI=1S/C12H10N2O4/c1-8-13-11(18-14-8)7-17-12(16)10-4-2-9(6-15)3-5-10/h2-6H,7H2,1H3. The van der Waals surface area contributed by atoms with Crippen LogP contribution in [0.15, 0.2) is 28.8 Å². The molecule has 0 radical (unpaired) electrons. The number of aldehydes is 1. The second-order valence-electron chi connectivity index (χ2n) is 3.55. The molecule has 0 amide bonds. The Hall–Kier alpha value is -2.50. The highest BCUT2D eigenvalue weighted by Crippen LogP contribution is 2.06. The maximum atomic E-state index is 11.6. The minimum absolute atomic E-state index is 0.0743. The monoisotopic (exact) mass is 246 g/mol. The van der Waals surface area contributed by atoms with Crippen molar-refractivity contribution in [2.24, 2.45) is 0 Å². The number of carbonyl (C=O) groups excluding carboxylic acids is 2. The number of hydrogen-bond acceptors (Lipinski definition) is 6. The minimum atomic E-state index is -0.511. The first kappa shape index (κ1) is 12.0. The van der Waals surface area contributed by atoms with Gasteiger partial charge >= 0.3 is 5.97 Å². The summed E-state index contributed by atoms with van der Waals surface area (Å²) in [6.07, 6.45) is 0.705. The fourth-order valence-corrected chi connectivity index (χ4v) is 1.31. The zero-order chi connectivity index (χ0) is 13.0. The van der Waals surface area contributed by atoms with Crippen molar-refractivity contribution in [3.8, 4) is 0 Å². The molecule has 0 atom stereocenters. The zero-order valence-corrected chi connectivity index (χ0v) is 9.62. The molecular weight excluding hydrogens is 236 g/mol. The molecule has 2 aromatic rings. The first-order valence-corrected chi connectivity index (χ1v) is 5.20. The summed E-state index contributed by atoms with van der Waals surface area (Å²) in [5.74, 6) is 0.213. The van der Waals surface area contributed by atoms with Crippen LogP contribution >= 0.6 is 0 Å². The molecule has 92 valence electrons. The SMILES string of the molecule is Cc1noc(COC(=O)c2ccc(C=O)cc2)n1. The van der Waals surface area contributed by atoms with E-state index in [4.69, 9.17) is 9.26 Å². The van der Waals surface area contributed by atoms with E-state index in [0.717, 1.165) is 0 Å². The lowest BCUT2D eigenvalue weighted by molar-refractivity contribution is 0.0429. The molecule has 1 heterocycles. The van der Waals surface area contributed by atoms with Crippen molar-refractivity contribution in [3.63, 3.8) is 0 Å². The van der Waals surface area contributed by atoms with E-state index in [0.29, 0.717) is 23.2 Å². The maximum Gasteiger partial charge on any atom is 0.338 e. The Morgan fingerprint density at radius 2 is 2.11 bits per heavy atom. The topological polar surface area (TPSA) is 82.3 Å². The predicted octanol–water partition coefficient (Wildman–Crippen LogP) is 1.55. The van der Waals surface area contributed by atoms with Gasteiger partial charge in [0.25, 0.3) is 5.89 Å². The molecule has 0 fully saturated rings. The van der Waals surface area contributed by atoms with Crippen molar-refractivity contribution in [1.29, 1.82) is 0 Å². The van der Waals surface area contributed by atoms with Gasteiger partial charge in [0.2, 0.25) is 0 Å². The average Bonchev–Trinajstić information content (AvgIpc) is 2.82. The van der Waals surface area contributed by atoms with Crippen LogP contribution in [0.1, 0.15) is 32.4 Å². The summed E-state index contributed by atoms with van der Waals surface area (Å²) in [6.45, 7) is 1.60. The van der Waals surface area contributed by atoms with E-state index < -0.39 is 5.97 Å². The van der Waals surface area contributed by atoms with Crippen LogP contribution in [0.25, 0.3) is 0 Å². The quantitative estimate of drug-likeness (QED) is 0.601. The lowest BCUT2D eigenvalue weighted by atomic mass is 10.1. The molecule has 6 heteroatoms. The lowest BCUT2D eigenvalue weighted by Crippen LogP contribution is -2.05. The van der Waals surface area contributed by atoms with E-state index in [1.807, 2.05) is 0 Å². The van der Waals surface area contributed by atoms with Crippen molar-refractivity contribution in [2.45, 2.75) is 13.5 Å². The van der Waals surface area contributed by atoms with E-state index >= 15 is 0 Å². The van der Waals surface area contributed by atoms with Crippen molar-refractivity contribution in [1.82, 2.24) is 10.1 Å². The molecule has 0 aliphatic carbocycles. The molecule has 0 aliphatic heterocycles. The highest BCUT2D eigenvalue weighted by molar-refractivity contribution is 5.90. The van der Waals surface area contributed by atoms with E-state index in [1.165, 1.54) is 12.1 Å². The molecule has 0 saturated heterocycles. The fourth-order valence-electron chi connectivity index (χ4n) is 1.31. The zero-order valence-electron chi connectivity index (χ0n) is 9.62. The molecule has 0 unspecified atom stereocenters. The van der Waals surface area contributed by atoms with Gasteiger partial charge in [-0.25, -0.2) is 4.79 Å². The molecule has 0 spiro atoms. The number of aryl methyl sites for hydroxylation is 1. The van der Waals surface area contributed by atoms with Crippen LogP contribution in [0.5, 0.6) is 0 Å². The summed E-state index contributed by atoms with van der Waals surface area (Å²) in [7, 11) is 0. The molecular formula is C12H10N2O4. The van der Waals surface area contributed by atoms with Gasteiger partial charge in [-0.2, -0.15) is 4.98 Å². The molecule has 1 aromatic carbocycles. The Morgan fingerprint density at radius 1 is 1.39 bits per heavy atom. The number of ether oxygens (including phenoxy) is 1. The first-order chi connectivity index (χ1) is 8.69. The first-order valence-electron chi connectivity index (χ1n) is 5.20. The average molecular weight is 246 g/mol. The summed E-state index contributed by atoms with van der Waals surface area (Å²) in [4.78, 5) is 26.0. The van der Waals surface area contributed by atoms with Crippen LogP contribution in [0.2, 0.25) is 0 Å². The summed E-state index contributed by atoms with van der Waals surface area (Å²) in [5, 5.41) is 3.57. The Bertz CT molecular complexity index is 560. The summed E-state index contributed by atoms with van der Waals surface area (Å²) < 4.78 is 9.78. The number of hydrogen-bond donors (Lipinski definition) is 0. The van der Waals surface area contributed by atoms with Crippen LogP contribution < -0.4 is 0 Å². The Morgan fingerprint density at radius 3 is 2.67 bits per heavy atom. The van der Waals surface area contributed by atoms with Gasteiger partial charge in [-0.1, -0.05) is 17.3 Å². The third-order valence-electron chi connectivity index (χ3n) is 2.18. The van der Waals surface area contributed by atoms with Gasteiger partial charge in [0, 0.05) is 5.56 Å². The van der Waals surface area contributed by atoms with Gasteiger partial charge < -0.3 is 9.26 Å². The van der Waals surface area contributed by atoms with Crippen LogP contribution in [-0.2, 0) is 11.3 Å². The van der Waals surface area contributed by atoms with Crippen molar-refractivity contribution in [3.05, 3.63) is 47.1 Å². The summed E-state index contributed by atoms with van der Waals surface area (Å²) >= 11 is 0. The minimum Gasteiger partial charge on any atom is -0.452 e. The van der Waals surface area contributed by atoms with Gasteiger partial charge in [-0.05, 0) is 19.1 Å². The Kier molecular flexibility index (Phi) is 3.47. The van der Waals surface area contributed by atoms with Crippen LogP contribution in [-0.4, -0.2) is 22.4 Å². The number of aromatic nitrogens is 2. The highest BCUT2D eigenvalue weighted by Gasteiger charge is 2.10. The van der Waals surface area contributed by atoms with E-state index in [9.17, 15) is 9.59 Å². The Balaban J connectivity index is 1.96. The molecule has 0 N–H and O–H groups in total. The number of rotatable bonds is 4. The normalized spacial score (nSPS) is 10.1. The van der Waals surface area contributed by atoms with Crippen molar-refractivity contribution >= 4 is 12.3 Å². The van der Waals surface area contributed by atoms with Crippen molar-refractivity contribution in [2.75, 3.05) is 0 Å². The largest absolute Gasteiger partial charge is 0.452 e. The molecule has 6 nitrogen and oxygen atoms in total. The van der Waals surface area contributed by atoms with E-state index in [2.05, 4.69) is 10.1 Å². The molecule has 0 bridgehead atoms. The van der Waals surface area contributed by atoms with Gasteiger partial charge in [-0.3, -0.25) is 4.79 Å². The Labute approximate surface area is 103 Å². The molecule has 2 rings (SSSR count). The van der Waals surface area contributed by atoms with E-state index in [-0.39, 0.29) is 12.5 Å². The third kappa shape index (κ3) is 2.79. The number of nitrogens with zero attached hydrogens (tertiary/aromatic N) is 2. The molecule has 0 saturated carbocycles. The fraction of sp³-hybridized carbons (Fsp3) is 0.167.